The zero-order valence-corrected chi connectivity index (χ0v) is 13.9. The molecule has 0 fully saturated rings. The van der Waals surface area contributed by atoms with Crippen molar-refractivity contribution >= 4 is 17.6 Å². The van der Waals surface area contributed by atoms with Crippen LogP contribution in [0.25, 0.3) is 0 Å². The van der Waals surface area contributed by atoms with Gasteiger partial charge in [-0.05, 0) is 55.4 Å². The van der Waals surface area contributed by atoms with E-state index in [4.69, 9.17) is 0 Å². The standard InChI is InChI=1S/C15H28N2O3/c1-9(2)16(10(3)4)14(19)13(18)15(20)17(11(5)6)12(7)8/h9-12H,1-8H3. The van der Waals surface area contributed by atoms with Gasteiger partial charge in [0.2, 0.25) is 0 Å². The predicted octanol–water partition coefficient (Wildman–Crippen LogP) is 1.85. The molecule has 0 aliphatic heterocycles. The second kappa shape index (κ2) is 7.41. The maximum atomic E-state index is 12.2. The molecule has 0 aromatic heterocycles. The zero-order chi connectivity index (χ0) is 16.2. The Kier molecular flexibility index (Phi) is 6.89. The van der Waals surface area contributed by atoms with E-state index in [-0.39, 0.29) is 24.2 Å². The Morgan fingerprint density at radius 2 is 0.750 bits per heavy atom. The molecule has 0 aliphatic rings. The van der Waals surface area contributed by atoms with Crippen LogP contribution >= 0.6 is 0 Å². The Morgan fingerprint density at radius 3 is 0.900 bits per heavy atom. The van der Waals surface area contributed by atoms with Crippen LogP contribution in [-0.2, 0) is 14.4 Å². The summed E-state index contributed by atoms with van der Waals surface area (Å²) in [6, 6.07) is -0.479. The Bertz CT molecular complexity index is 323. The number of carbonyl (C=O) groups is 3. The summed E-state index contributed by atoms with van der Waals surface area (Å²) in [6.07, 6.45) is 0. The van der Waals surface area contributed by atoms with Gasteiger partial charge in [0.15, 0.2) is 0 Å². The summed E-state index contributed by atoms with van der Waals surface area (Å²) < 4.78 is 0. The third kappa shape index (κ3) is 4.32. The second-order valence-corrected chi connectivity index (χ2v) is 6.13. The molecule has 0 radical (unpaired) electrons. The first-order valence-electron chi connectivity index (χ1n) is 7.21. The third-order valence-corrected chi connectivity index (χ3v) is 3.08. The van der Waals surface area contributed by atoms with Gasteiger partial charge in [-0.25, -0.2) is 0 Å². The first-order chi connectivity index (χ1) is 9.02. The Balaban J connectivity index is 5.24. The number of hydrogen-bond acceptors (Lipinski definition) is 3. The van der Waals surface area contributed by atoms with Crippen molar-refractivity contribution in [2.24, 2.45) is 0 Å². The van der Waals surface area contributed by atoms with Crippen molar-refractivity contribution < 1.29 is 14.4 Å². The summed E-state index contributed by atoms with van der Waals surface area (Å²) in [7, 11) is 0. The highest BCUT2D eigenvalue weighted by Crippen LogP contribution is 2.10. The van der Waals surface area contributed by atoms with E-state index in [1.807, 2.05) is 55.4 Å². The van der Waals surface area contributed by atoms with Gasteiger partial charge >= 0.3 is 17.6 Å². The lowest BCUT2D eigenvalue weighted by molar-refractivity contribution is -0.156. The van der Waals surface area contributed by atoms with E-state index in [0.717, 1.165) is 0 Å². The average Bonchev–Trinajstić information content (AvgIpc) is 2.25. The number of hydrogen-bond donors (Lipinski definition) is 0. The van der Waals surface area contributed by atoms with Gasteiger partial charge in [-0.3, -0.25) is 14.4 Å². The molecule has 2 amide bonds. The largest absolute Gasteiger partial charge is 0.331 e. The zero-order valence-electron chi connectivity index (χ0n) is 13.9. The highest BCUT2D eigenvalue weighted by Gasteiger charge is 2.35. The highest BCUT2D eigenvalue weighted by molar-refractivity contribution is 6.62. The minimum atomic E-state index is -0.949. The Hall–Kier alpha value is -1.39. The summed E-state index contributed by atoms with van der Waals surface area (Å²) in [5.41, 5.74) is 0. The molecule has 0 N–H and O–H groups in total. The fourth-order valence-electron chi connectivity index (χ4n) is 2.46. The fourth-order valence-corrected chi connectivity index (χ4v) is 2.46. The molecule has 0 bridgehead atoms. The van der Waals surface area contributed by atoms with Crippen molar-refractivity contribution in [2.75, 3.05) is 0 Å². The molecule has 5 heteroatoms. The molecule has 20 heavy (non-hydrogen) atoms. The molecular formula is C15H28N2O3. The van der Waals surface area contributed by atoms with E-state index >= 15 is 0 Å². The number of nitrogens with zero attached hydrogens (tertiary/aromatic N) is 2. The van der Waals surface area contributed by atoms with Crippen LogP contribution < -0.4 is 0 Å². The molecule has 0 aromatic rings. The van der Waals surface area contributed by atoms with Gasteiger partial charge in [0.05, 0.1) is 0 Å². The molecule has 0 heterocycles. The van der Waals surface area contributed by atoms with E-state index in [0.29, 0.717) is 0 Å². The second-order valence-electron chi connectivity index (χ2n) is 6.13. The van der Waals surface area contributed by atoms with Crippen molar-refractivity contribution in [1.29, 1.82) is 0 Å². The third-order valence-electron chi connectivity index (χ3n) is 3.08. The van der Waals surface area contributed by atoms with E-state index in [1.54, 1.807) is 0 Å². The van der Waals surface area contributed by atoms with E-state index in [1.165, 1.54) is 9.80 Å². The van der Waals surface area contributed by atoms with Gasteiger partial charge in [-0.15, -0.1) is 0 Å². The molecular weight excluding hydrogens is 256 g/mol. The summed E-state index contributed by atoms with van der Waals surface area (Å²) in [5, 5.41) is 0. The molecule has 0 unspecified atom stereocenters. The van der Waals surface area contributed by atoms with E-state index in [9.17, 15) is 14.4 Å². The lowest BCUT2D eigenvalue weighted by Gasteiger charge is -2.33. The van der Waals surface area contributed by atoms with Crippen LogP contribution in [-0.4, -0.2) is 51.6 Å². The number of amides is 2. The molecule has 5 nitrogen and oxygen atoms in total. The smallest absolute Gasteiger partial charge is 0.307 e. The molecule has 0 aromatic carbocycles. The average molecular weight is 284 g/mol. The lowest BCUT2D eigenvalue weighted by Crippen LogP contribution is -2.53. The molecule has 0 saturated carbocycles. The Labute approximate surface area is 122 Å². The van der Waals surface area contributed by atoms with Crippen LogP contribution in [0.2, 0.25) is 0 Å². The lowest BCUT2D eigenvalue weighted by atomic mass is 10.1. The van der Waals surface area contributed by atoms with Gasteiger partial charge in [0.25, 0.3) is 0 Å². The van der Waals surface area contributed by atoms with Crippen LogP contribution in [0.5, 0.6) is 0 Å². The monoisotopic (exact) mass is 284 g/mol. The van der Waals surface area contributed by atoms with Crippen LogP contribution in [0.1, 0.15) is 55.4 Å². The van der Waals surface area contributed by atoms with Crippen molar-refractivity contribution in [1.82, 2.24) is 9.80 Å². The first-order valence-corrected chi connectivity index (χ1v) is 7.21. The first kappa shape index (κ1) is 18.6. The number of ketones is 1. The van der Waals surface area contributed by atoms with Crippen molar-refractivity contribution in [3.05, 3.63) is 0 Å². The van der Waals surface area contributed by atoms with E-state index in [2.05, 4.69) is 0 Å². The maximum Gasteiger partial charge on any atom is 0.307 e. The molecule has 0 saturated heterocycles. The summed E-state index contributed by atoms with van der Waals surface area (Å²) in [6.45, 7) is 14.7. The maximum absolute atomic E-state index is 12.2. The number of rotatable bonds is 6. The van der Waals surface area contributed by atoms with Gasteiger partial charge < -0.3 is 9.80 Å². The quantitative estimate of drug-likeness (QED) is 0.552. The summed E-state index contributed by atoms with van der Waals surface area (Å²) in [4.78, 5) is 39.5. The van der Waals surface area contributed by atoms with Gasteiger partial charge in [0.1, 0.15) is 0 Å². The van der Waals surface area contributed by atoms with Gasteiger partial charge in [-0.2, -0.15) is 0 Å². The summed E-state index contributed by atoms with van der Waals surface area (Å²) in [5.74, 6) is -2.38. The fraction of sp³-hybridized carbons (Fsp3) is 0.800. The molecule has 0 aliphatic carbocycles. The van der Waals surface area contributed by atoms with Crippen molar-refractivity contribution in [2.45, 2.75) is 79.6 Å². The molecule has 116 valence electrons. The topological polar surface area (TPSA) is 57.7 Å². The summed E-state index contributed by atoms with van der Waals surface area (Å²) >= 11 is 0. The van der Waals surface area contributed by atoms with Crippen LogP contribution in [0, 0.1) is 0 Å². The van der Waals surface area contributed by atoms with Crippen LogP contribution in [0.3, 0.4) is 0 Å². The minimum Gasteiger partial charge on any atom is -0.331 e. The van der Waals surface area contributed by atoms with Gasteiger partial charge in [0, 0.05) is 24.2 Å². The predicted molar refractivity (Wildman–Crippen MR) is 79.2 cm³/mol. The van der Waals surface area contributed by atoms with E-state index < -0.39 is 17.6 Å². The van der Waals surface area contributed by atoms with Crippen molar-refractivity contribution in [3.63, 3.8) is 0 Å². The van der Waals surface area contributed by atoms with Crippen molar-refractivity contribution in [3.8, 4) is 0 Å². The molecule has 0 rings (SSSR count). The SMILES string of the molecule is CC(C)N(C(=O)C(=O)C(=O)N(C(C)C)C(C)C)C(C)C. The normalized spacial score (nSPS) is 11.4. The van der Waals surface area contributed by atoms with Gasteiger partial charge in [-0.1, -0.05) is 0 Å². The number of Topliss-reactive ketones (excluding diaryl/α,β-unsaturated/α-hetero) is 1. The van der Waals surface area contributed by atoms with Crippen LogP contribution in [0.15, 0.2) is 0 Å². The number of carbonyl (C=O) groups excluding carboxylic acids is 3. The molecule has 0 atom stereocenters. The minimum absolute atomic E-state index is 0.120. The highest BCUT2D eigenvalue weighted by atomic mass is 16.2. The van der Waals surface area contributed by atoms with Crippen LogP contribution in [0.4, 0.5) is 0 Å². The molecule has 0 spiro atoms. The Morgan fingerprint density at radius 1 is 0.550 bits per heavy atom.